The van der Waals surface area contributed by atoms with E-state index in [1.807, 2.05) is 12.2 Å². The van der Waals surface area contributed by atoms with E-state index in [4.69, 9.17) is 10.2 Å². The highest BCUT2D eigenvalue weighted by molar-refractivity contribution is 5.66. The normalized spacial score (nSPS) is 15.3. The minimum absolute atomic E-state index is 0.0263. The summed E-state index contributed by atoms with van der Waals surface area (Å²) in [6, 6.07) is 0. The molecule has 0 aromatic rings. The van der Waals surface area contributed by atoms with Gasteiger partial charge in [-0.15, -0.1) is 0 Å². The summed E-state index contributed by atoms with van der Waals surface area (Å²) in [5.74, 6) is -1.98. The van der Waals surface area contributed by atoms with Gasteiger partial charge in [-0.2, -0.15) is 0 Å². The van der Waals surface area contributed by atoms with Gasteiger partial charge in [0.1, 0.15) is 0 Å². The van der Waals surface area contributed by atoms with Crippen LogP contribution < -0.4 is 0 Å². The van der Waals surface area contributed by atoms with Crippen LogP contribution in [0, 0.1) is 5.92 Å². The van der Waals surface area contributed by atoms with Crippen molar-refractivity contribution in [2.75, 3.05) is 0 Å². The molecule has 150 valence electrons. The number of rotatable bonds is 16. The summed E-state index contributed by atoms with van der Waals surface area (Å²) in [5, 5.41) is 37.7. The Kier molecular flexibility index (Phi) is 14.6. The first-order valence-electron chi connectivity index (χ1n) is 9.49. The van der Waals surface area contributed by atoms with Crippen LogP contribution in [0.5, 0.6) is 0 Å². The quantitative estimate of drug-likeness (QED) is 0.244. The van der Waals surface area contributed by atoms with Gasteiger partial charge in [-0.25, -0.2) is 0 Å². The molecular weight excluding hydrogens is 336 g/mol. The summed E-state index contributed by atoms with van der Waals surface area (Å²) in [4.78, 5) is 21.3. The van der Waals surface area contributed by atoms with Gasteiger partial charge in [0.2, 0.25) is 0 Å². The van der Waals surface area contributed by atoms with Crippen molar-refractivity contribution in [3.05, 3.63) is 24.3 Å². The molecule has 0 bridgehead atoms. The van der Waals surface area contributed by atoms with Gasteiger partial charge in [-0.05, 0) is 38.0 Å². The highest BCUT2D eigenvalue weighted by atomic mass is 16.4. The fraction of sp³-hybridized carbons (Fsp3) is 0.700. The van der Waals surface area contributed by atoms with Crippen LogP contribution in [0.3, 0.4) is 0 Å². The lowest BCUT2D eigenvalue weighted by molar-refractivity contribution is -0.138. The van der Waals surface area contributed by atoms with Crippen molar-refractivity contribution in [3.8, 4) is 0 Å². The van der Waals surface area contributed by atoms with E-state index in [0.29, 0.717) is 32.1 Å². The van der Waals surface area contributed by atoms with E-state index in [9.17, 15) is 19.8 Å². The first-order chi connectivity index (χ1) is 12.4. The Hall–Kier alpha value is -1.66. The molecule has 6 nitrogen and oxygen atoms in total. The maximum atomic E-state index is 10.8. The van der Waals surface area contributed by atoms with E-state index in [1.54, 1.807) is 12.2 Å². The Morgan fingerprint density at radius 2 is 1.58 bits per heavy atom. The van der Waals surface area contributed by atoms with Crippen LogP contribution in [-0.4, -0.2) is 44.6 Å². The van der Waals surface area contributed by atoms with Crippen LogP contribution in [0.25, 0.3) is 0 Å². The monoisotopic (exact) mass is 370 g/mol. The molecule has 0 saturated heterocycles. The first-order valence-corrected chi connectivity index (χ1v) is 9.49. The zero-order chi connectivity index (χ0) is 19.8. The predicted octanol–water partition coefficient (Wildman–Crippen LogP) is 3.53. The molecule has 0 aliphatic heterocycles. The molecule has 26 heavy (non-hydrogen) atoms. The molecule has 3 unspecified atom stereocenters. The molecule has 0 radical (unpaired) electrons. The van der Waals surface area contributed by atoms with Gasteiger partial charge in [0.25, 0.3) is 0 Å². The second-order valence-electron chi connectivity index (χ2n) is 6.62. The Morgan fingerprint density at radius 3 is 2.19 bits per heavy atom. The topological polar surface area (TPSA) is 115 Å². The second-order valence-corrected chi connectivity index (χ2v) is 6.62. The number of carboxylic acids is 2. The van der Waals surface area contributed by atoms with Crippen LogP contribution in [-0.2, 0) is 9.59 Å². The second kappa shape index (κ2) is 15.6. The lowest BCUT2D eigenvalue weighted by Crippen LogP contribution is -2.19. The van der Waals surface area contributed by atoms with E-state index in [0.717, 1.165) is 19.3 Å². The van der Waals surface area contributed by atoms with E-state index in [2.05, 4.69) is 6.92 Å². The minimum Gasteiger partial charge on any atom is -0.481 e. The zero-order valence-electron chi connectivity index (χ0n) is 15.7. The number of hydrogen-bond donors (Lipinski definition) is 4. The third-order valence-corrected chi connectivity index (χ3v) is 4.21. The van der Waals surface area contributed by atoms with Gasteiger partial charge in [0.15, 0.2) is 0 Å². The van der Waals surface area contributed by atoms with Crippen molar-refractivity contribution in [1.82, 2.24) is 0 Å². The number of unbranched alkanes of at least 4 members (excludes halogenated alkanes) is 3. The predicted molar refractivity (Wildman–Crippen MR) is 101 cm³/mol. The van der Waals surface area contributed by atoms with Crippen LogP contribution in [0.1, 0.15) is 71.1 Å². The SMILES string of the molecule is CCCCCC(O)C=CC(O)C(CC=CCCCC(=O)O)CCC(=O)O. The molecule has 0 aromatic heterocycles. The number of allylic oxidation sites excluding steroid dienone is 2. The fourth-order valence-corrected chi connectivity index (χ4v) is 2.60. The summed E-state index contributed by atoms with van der Waals surface area (Å²) in [6.45, 7) is 2.09. The summed E-state index contributed by atoms with van der Waals surface area (Å²) < 4.78 is 0. The third kappa shape index (κ3) is 14.7. The maximum Gasteiger partial charge on any atom is 0.303 e. The van der Waals surface area contributed by atoms with Gasteiger partial charge in [0.05, 0.1) is 12.2 Å². The van der Waals surface area contributed by atoms with Gasteiger partial charge in [0, 0.05) is 12.8 Å². The number of aliphatic hydroxyl groups excluding tert-OH is 2. The number of carbonyl (C=O) groups is 2. The van der Waals surface area contributed by atoms with Crippen molar-refractivity contribution in [2.45, 2.75) is 83.3 Å². The van der Waals surface area contributed by atoms with E-state index in [1.165, 1.54) is 0 Å². The molecule has 0 heterocycles. The van der Waals surface area contributed by atoms with Crippen molar-refractivity contribution in [1.29, 1.82) is 0 Å². The van der Waals surface area contributed by atoms with Crippen LogP contribution >= 0.6 is 0 Å². The molecule has 0 fully saturated rings. The maximum absolute atomic E-state index is 10.8. The number of aliphatic hydroxyl groups is 2. The van der Waals surface area contributed by atoms with Crippen LogP contribution in [0.2, 0.25) is 0 Å². The molecule has 0 saturated carbocycles. The lowest BCUT2D eigenvalue weighted by atomic mass is 9.92. The highest BCUT2D eigenvalue weighted by Crippen LogP contribution is 2.19. The van der Waals surface area contributed by atoms with Gasteiger partial charge in [-0.3, -0.25) is 9.59 Å². The van der Waals surface area contributed by atoms with Crippen LogP contribution in [0.4, 0.5) is 0 Å². The molecular formula is C20H34O6. The lowest BCUT2D eigenvalue weighted by Gasteiger charge is -2.19. The first kappa shape index (κ1) is 24.3. The summed E-state index contributed by atoms with van der Waals surface area (Å²) >= 11 is 0. The van der Waals surface area contributed by atoms with Crippen LogP contribution in [0.15, 0.2) is 24.3 Å². The fourth-order valence-electron chi connectivity index (χ4n) is 2.60. The molecule has 6 heteroatoms. The minimum atomic E-state index is -0.906. The molecule has 3 atom stereocenters. The number of carboxylic acid groups (broad SMARTS) is 2. The Balaban J connectivity index is 4.46. The Bertz CT molecular complexity index is 444. The van der Waals surface area contributed by atoms with E-state index >= 15 is 0 Å². The highest BCUT2D eigenvalue weighted by Gasteiger charge is 2.17. The van der Waals surface area contributed by atoms with Crippen molar-refractivity contribution in [3.63, 3.8) is 0 Å². The summed E-state index contributed by atoms with van der Waals surface area (Å²) in [6.07, 6.45) is 11.3. The Labute approximate surface area is 156 Å². The number of aliphatic carboxylic acids is 2. The van der Waals surface area contributed by atoms with Crippen molar-refractivity contribution < 1.29 is 30.0 Å². The van der Waals surface area contributed by atoms with Crippen molar-refractivity contribution in [2.24, 2.45) is 5.92 Å². The number of hydrogen-bond acceptors (Lipinski definition) is 4. The molecule has 0 aliphatic rings. The van der Waals surface area contributed by atoms with Gasteiger partial charge in [-0.1, -0.05) is 50.5 Å². The molecule has 0 aromatic carbocycles. The molecule has 0 amide bonds. The summed E-state index contributed by atoms with van der Waals surface area (Å²) in [7, 11) is 0. The average molecular weight is 370 g/mol. The standard InChI is InChI=1S/C20H34O6/c1-2-3-6-10-17(21)13-14-18(22)16(12-15-20(25)26)9-7-4-5-8-11-19(23)24/h4,7,13-14,16-18,21-22H,2-3,5-6,8-12,15H2,1H3,(H,23,24)(H,25,26). The largest absolute Gasteiger partial charge is 0.481 e. The Morgan fingerprint density at radius 1 is 0.885 bits per heavy atom. The molecule has 0 aliphatic carbocycles. The van der Waals surface area contributed by atoms with E-state index < -0.39 is 24.1 Å². The molecule has 0 spiro atoms. The van der Waals surface area contributed by atoms with Gasteiger partial charge < -0.3 is 20.4 Å². The summed E-state index contributed by atoms with van der Waals surface area (Å²) in [5.41, 5.74) is 0. The zero-order valence-corrected chi connectivity index (χ0v) is 15.7. The van der Waals surface area contributed by atoms with Gasteiger partial charge >= 0.3 is 11.9 Å². The molecule has 0 rings (SSSR count). The third-order valence-electron chi connectivity index (χ3n) is 4.21. The average Bonchev–Trinajstić information content (AvgIpc) is 2.58. The van der Waals surface area contributed by atoms with Crippen molar-refractivity contribution >= 4 is 11.9 Å². The molecule has 4 N–H and O–H groups in total. The smallest absolute Gasteiger partial charge is 0.303 e. The van der Waals surface area contributed by atoms with E-state index in [-0.39, 0.29) is 18.8 Å².